The van der Waals surface area contributed by atoms with Crippen LogP contribution in [0.2, 0.25) is 5.02 Å². The van der Waals surface area contributed by atoms with E-state index in [4.69, 9.17) is 16.0 Å². The number of halogens is 3. The number of likely N-dealkylation sites (tertiary alicyclic amines) is 1. The van der Waals surface area contributed by atoms with Gasteiger partial charge in [0.25, 0.3) is 5.92 Å². The minimum atomic E-state index is -2.51. The zero-order valence-electron chi connectivity index (χ0n) is 16.1. The SMILES string of the molecule is CCc1cc2cc(-c3ccc(C(C)N4CCC(F)(F)CC4)cc3)cc(Cl)c2o1. The number of piperidine rings is 1. The van der Waals surface area contributed by atoms with E-state index in [2.05, 4.69) is 49.1 Å². The van der Waals surface area contributed by atoms with Gasteiger partial charge in [-0.1, -0.05) is 42.8 Å². The summed E-state index contributed by atoms with van der Waals surface area (Å²) in [6.45, 7) is 5.00. The Morgan fingerprint density at radius 3 is 2.39 bits per heavy atom. The molecule has 2 heterocycles. The Morgan fingerprint density at radius 1 is 1.07 bits per heavy atom. The van der Waals surface area contributed by atoms with E-state index in [-0.39, 0.29) is 18.9 Å². The normalized spacial score (nSPS) is 18.5. The Balaban J connectivity index is 1.55. The molecule has 3 aromatic rings. The molecular formula is C23H24ClF2NO. The van der Waals surface area contributed by atoms with Gasteiger partial charge in [-0.25, -0.2) is 8.78 Å². The Kier molecular flexibility index (Phi) is 5.19. The Morgan fingerprint density at radius 2 is 1.75 bits per heavy atom. The second kappa shape index (κ2) is 7.49. The van der Waals surface area contributed by atoms with Crippen molar-refractivity contribution in [2.75, 3.05) is 13.1 Å². The summed E-state index contributed by atoms with van der Waals surface area (Å²) in [5.41, 5.74) is 3.98. The minimum Gasteiger partial charge on any atom is -0.460 e. The van der Waals surface area contributed by atoms with Crippen molar-refractivity contribution in [3.8, 4) is 11.1 Å². The van der Waals surface area contributed by atoms with Crippen molar-refractivity contribution in [2.45, 2.75) is 45.1 Å². The quantitative estimate of drug-likeness (QED) is 0.461. The zero-order valence-corrected chi connectivity index (χ0v) is 16.9. The van der Waals surface area contributed by atoms with Crippen LogP contribution in [0, 0.1) is 0 Å². The molecule has 4 rings (SSSR count). The van der Waals surface area contributed by atoms with E-state index in [1.165, 1.54) is 0 Å². The molecule has 2 aromatic carbocycles. The van der Waals surface area contributed by atoms with E-state index in [0.717, 1.165) is 39.8 Å². The monoisotopic (exact) mass is 403 g/mol. The number of rotatable bonds is 4. The highest BCUT2D eigenvalue weighted by atomic mass is 35.5. The summed E-state index contributed by atoms with van der Waals surface area (Å²) in [4.78, 5) is 2.13. The van der Waals surface area contributed by atoms with Gasteiger partial charge in [0.1, 0.15) is 5.76 Å². The van der Waals surface area contributed by atoms with E-state index >= 15 is 0 Å². The maximum atomic E-state index is 13.4. The molecule has 0 saturated carbocycles. The van der Waals surface area contributed by atoms with E-state index < -0.39 is 5.92 Å². The van der Waals surface area contributed by atoms with Gasteiger partial charge in [0.2, 0.25) is 0 Å². The summed E-state index contributed by atoms with van der Waals surface area (Å²) < 4.78 is 32.6. The van der Waals surface area contributed by atoms with Gasteiger partial charge in [-0.15, -0.1) is 0 Å². The number of benzene rings is 2. The first kappa shape index (κ1) is 19.4. The van der Waals surface area contributed by atoms with Crippen molar-refractivity contribution in [2.24, 2.45) is 0 Å². The van der Waals surface area contributed by atoms with Crippen LogP contribution in [0.3, 0.4) is 0 Å². The predicted octanol–water partition coefficient (Wildman–Crippen LogP) is 7.11. The molecule has 0 amide bonds. The van der Waals surface area contributed by atoms with Crippen molar-refractivity contribution >= 4 is 22.6 Å². The molecule has 0 radical (unpaired) electrons. The zero-order chi connectivity index (χ0) is 19.9. The van der Waals surface area contributed by atoms with Crippen LogP contribution in [0.5, 0.6) is 0 Å². The Hall–Kier alpha value is -1.91. The highest BCUT2D eigenvalue weighted by Gasteiger charge is 2.35. The number of fused-ring (bicyclic) bond motifs is 1. The second-order valence-electron chi connectivity index (χ2n) is 7.63. The third kappa shape index (κ3) is 3.81. The summed E-state index contributed by atoms with van der Waals surface area (Å²) in [6.07, 6.45) is 0.714. The van der Waals surface area contributed by atoms with Gasteiger partial charge in [-0.2, -0.15) is 0 Å². The third-order valence-corrected chi connectivity index (χ3v) is 6.05. The molecule has 1 fully saturated rings. The molecule has 28 heavy (non-hydrogen) atoms. The summed E-state index contributed by atoms with van der Waals surface area (Å²) in [5, 5.41) is 1.62. The van der Waals surface area contributed by atoms with Crippen LogP contribution >= 0.6 is 11.6 Å². The number of nitrogens with zero attached hydrogens (tertiary/aromatic N) is 1. The largest absolute Gasteiger partial charge is 0.460 e. The molecule has 2 nitrogen and oxygen atoms in total. The standard InChI is InChI=1S/C23H24ClF2NO/c1-3-20-13-19-12-18(14-21(24)22(19)28-20)17-6-4-16(5-7-17)15(2)27-10-8-23(25,26)9-11-27/h4-7,12-15H,3,8-11H2,1-2H3. The molecule has 1 saturated heterocycles. The summed E-state index contributed by atoms with van der Waals surface area (Å²) in [5.74, 6) is -1.59. The maximum absolute atomic E-state index is 13.4. The van der Waals surface area contributed by atoms with Crippen molar-refractivity contribution in [3.05, 3.63) is 58.8 Å². The van der Waals surface area contributed by atoms with Gasteiger partial charge in [0.15, 0.2) is 5.58 Å². The summed E-state index contributed by atoms with van der Waals surface area (Å²) in [6, 6.07) is 14.5. The maximum Gasteiger partial charge on any atom is 0.250 e. The fraction of sp³-hybridized carbons (Fsp3) is 0.391. The highest BCUT2D eigenvalue weighted by molar-refractivity contribution is 6.35. The molecule has 0 spiro atoms. The van der Waals surface area contributed by atoms with Crippen LogP contribution in [0.15, 0.2) is 46.9 Å². The lowest BCUT2D eigenvalue weighted by Gasteiger charge is -2.36. The number of hydrogen-bond acceptors (Lipinski definition) is 2. The van der Waals surface area contributed by atoms with Crippen LogP contribution < -0.4 is 0 Å². The third-order valence-electron chi connectivity index (χ3n) is 5.77. The van der Waals surface area contributed by atoms with Crippen LogP contribution in [0.25, 0.3) is 22.1 Å². The molecule has 5 heteroatoms. The first-order valence-electron chi connectivity index (χ1n) is 9.80. The molecular weight excluding hydrogens is 380 g/mol. The molecule has 0 bridgehead atoms. The first-order chi connectivity index (χ1) is 13.4. The lowest BCUT2D eigenvalue weighted by molar-refractivity contribution is -0.0620. The molecule has 1 atom stereocenters. The average Bonchev–Trinajstić information content (AvgIpc) is 3.11. The van der Waals surface area contributed by atoms with Gasteiger partial charge in [0, 0.05) is 43.8 Å². The average molecular weight is 404 g/mol. The van der Waals surface area contributed by atoms with E-state index in [0.29, 0.717) is 18.1 Å². The minimum absolute atomic E-state index is 0.0572. The van der Waals surface area contributed by atoms with Crippen molar-refractivity contribution < 1.29 is 13.2 Å². The molecule has 1 unspecified atom stereocenters. The number of furan rings is 1. The van der Waals surface area contributed by atoms with E-state index in [9.17, 15) is 8.78 Å². The fourth-order valence-corrected chi connectivity index (χ4v) is 4.17. The highest BCUT2D eigenvalue weighted by Crippen LogP contribution is 2.35. The van der Waals surface area contributed by atoms with Crippen molar-refractivity contribution in [3.63, 3.8) is 0 Å². The molecule has 0 aliphatic carbocycles. The summed E-state index contributed by atoms with van der Waals surface area (Å²) >= 11 is 6.43. The lowest BCUT2D eigenvalue weighted by atomic mass is 9.98. The van der Waals surface area contributed by atoms with Gasteiger partial charge < -0.3 is 4.42 Å². The van der Waals surface area contributed by atoms with Crippen LogP contribution in [0.4, 0.5) is 8.78 Å². The predicted molar refractivity (Wildman–Crippen MR) is 110 cm³/mol. The van der Waals surface area contributed by atoms with Crippen molar-refractivity contribution in [1.82, 2.24) is 4.90 Å². The molecule has 0 N–H and O–H groups in total. The van der Waals surface area contributed by atoms with Gasteiger partial charge in [-0.05, 0) is 41.8 Å². The molecule has 148 valence electrons. The van der Waals surface area contributed by atoms with Gasteiger partial charge in [-0.3, -0.25) is 4.90 Å². The van der Waals surface area contributed by atoms with E-state index in [1.54, 1.807) is 0 Å². The number of hydrogen-bond donors (Lipinski definition) is 0. The number of aryl methyl sites for hydroxylation is 1. The fourth-order valence-electron chi connectivity index (χ4n) is 3.91. The summed E-state index contributed by atoms with van der Waals surface area (Å²) in [7, 11) is 0. The molecule has 1 aliphatic rings. The molecule has 1 aromatic heterocycles. The van der Waals surface area contributed by atoms with Gasteiger partial charge >= 0.3 is 0 Å². The van der Waals surface area contributed by atoms with E-state index in [1.807, 2.05) is 12.1 Å². The topological polar surface area (TPSA) is 16.4 Å². The Bertz CT molecular complexity index is 970. The lowest BCUT2D eigenvalue weighted by Crippen LogP contribution is -2.40. The van der Waals surface area contributed by atoms with Crippen LogP contribution in [-0.4, -0.2) is 23.9 Å². The number of alkyl halides is 2. The second-order valence-corrected chi connectivity index (χ2v) is 8.04. The smallest absolute Gasteiger partial charge is 0.250 e. The van der Waals surface area contributed by atoms with Gasteiger partial charge in [0.05, 0.1) is 5.02 Å². The van der Waals surface area contributed by atoms with Crippen LogP contribution in [-0.2, 0) is 6.42 Å². The van der Waals surface area contributed by atoms with Crippen LogP contribution in [0.1, 0.15) is 44.1 Å². The first-order valence-corrected chi connectivity index (χ1v) is 10.2. The Labute approximate surface area is 169 Å². The molecule has 1 aliphatic heterocycles. The van der Waals surface area contributed by atoms with Crippen molar-refractivity contribution in [1.29, 1.82) is 0 Å².